The highest BCUT2D eigenvalue weighted by atomic mass is 32.2. The minimum Gasteiger partial charge on any atom is -0.480 e. The molecule has 2 aromatic rings. The summed E-state index contributed by atoms with van der Waals surface area (Å²) >= 11 is 0. The zero-order valence-electron chi connectivity index (χ0n) is 13.8. The Balaban J connectivity index is 2.24. The first-order valence-corrected chi connectivity index (χ1v) is 9.01. The highest BCUT2D eigenvalue weighted by Crippen LogP contribution is 2.16. The van der Waals surface area contributed by atoms with Crippen LogP contribution in [0.4, 0.5) is 0 Å². The topological polar surface area (TPSA) is 101 Å². The van der Waals surface area contributed by atoms with Gasteiger partial charge >= 0.3 is 5.97 Å². The van der Waals surface area contributed by atoms with Gasteiger partial charge in [0.1, 0.15) is 11.9 Å². The van der Waals surface area contributed by atoms with Crippen LogP contribution in [-0.4, -0.2) is 35.1 Å². The minimum absolute atomic E-state index is 0.0542. The van der Waals surface area contributed by atoms with E-state index >= 15 is 0 Å². The number of benzene rings is 1. The van der Waals surface area contributed by atoms with Gasteiger partial charge in [-0.1, -0.05) is 44.2 Å². The van der Waals surface area contributed by atoms with Crippen LogP contribution in [0, 0.1) is 0 Å². The Morgan fingerprint density at radius 2 is 1.92 bits per heavy atom. The summed E-state index contributed by atoms with van der Waals surface area (Å²) in [5.41, 5.74) is 0.733. The van der Waals surface area contributed by atoms with Crippen molar-refractivity contribution in [1.29, 1.82) is 0 Å². The van der Waals surface area contributed by atoms with E-state index in [1.165, 1.54) is 6.20 Å². The van der Waals surface area contributed by atoms with Crippen LogP contribution in [0.25, 0.3) is 0 Å². The van der Waals surface area contributed by atoms with Crippen molar-refractivity contribution >= 4 is 16.0 Å². The van der Waals surface area contributed by atoms with E-state index in [0.29, 0.717) is 5.82 Å². The molecule has 1 atom stereocenters. The molecular formula is C16H21N3O4S. The second kappa shape index (κ2) is 7.14. The summed E-state index contributed by atoms with van der Waals surface area (Å²) in [5, 5.41) is 9.17. The molecule has 2 N–H and O–H groups in total. The Labute approximate surface area is 141 Å². The summed E-state index contributed by atoms with van der Waals surface area (Å²) in [4.78, 5) is 15.6. The summed E-state index contributed by atoms with van der Waals surface area (Å²) in [6.07, 6.45) is 1.44. The van der Waals surface area contributed by atoms with Gasteiger partial charge in [0.25, 0.3) is 10.0 Å². The minimum atomic E-state index is -4.02. The molecule has 0 aliphatic carbocycles. The lowest BCUT2D eigenvalue weighted by Gasteiger charge is -2.13. The molecular weight excluding hydrogens is 330 g/mol. The Morgan fingerprint density at radius 1 is 1.29 bits per heavy atom. The summed E-state index contributed by atoms with van der Waals surface area (Å²) in [5.74, 6) is -0.564. The zero-order valence-corrected chi connectivity index (χ0v) is 14.6. The van der Waals surface area contributed by atoms with E-state index in [4.69, 9.17) is 0 Å². The van der Waals surface area contributed by atoms with Crippen LogP contribution in [0.5, 0.6) is 0 Å². The number of nitrogens with zero attached hydrogens (tertiary/aromatic N) is 2. The number of hydrogen-bond acceptors (Lipinski definition) is 4. The maximum absolute atomic E-state index is 12.5. The van der Waals surface area contributed by atoms with Crippen LogP contribution in [0.2, 0.25) is 0 Å². The van der Waals surface area contributed by atoms with Gasteiger partial charge in [-0.05, 0) is 12.0 Å². The van der Waals surface area contributed by atoms with E-state index in [1.807, 2.05) is 19.9 Å². The third-order valence-corrected chi connectivity index (χ3v) is 4.90. The average molecular weight is 351 g/mol. The molecule has 130 valence electrons. The van der Waals surface area contributed by atoms with Gasteiger partial charge in [-0.25, -0.2) is 13.4 Å². The highest BCUT2D eigenvalue weighted by Gasteiger charge is 2.28. The number of hydrogen-bond donors (Lipinski definition) is 2. The van der Waals surface area contributed by atoms with E-state index in [0.717, 1.165) is 5.56 Å². The van der Waals surface area contributed by atoms with Gasteiger partial charge in [0.2, 0.25) is 0 Å². The molecule has 0 fully saturated rings. The van der Waals surface area contributed by atoms with E-state index in [9.17, 15) is 18.3 Å². The summed E-state index contributed by atoms with van der Waals surface area (Å²) < 4.78 is 28.8. The predicted octanol–water partition coefficient (Wildman–Crippen LogP) is 1.52. The van der Waals surface area contributed by atoms with Crippen molar-refractivity contribution in [2.45, 2.75) is 37.3 Å². The molecule has 0 bridgehead atoms. The van der Waals surface area contributed by atoms with Gasteiger partial charge < -0.3 is 9.67 Å². The van der Waals surface area contributed by atoms with Crippen LogP contribution >= 0.6 is 0 Å². The van der Waals surface area contributed by atoms with Crippen LogP contribution in [0.1, 0.15) is 31.2 Å². The zero-order chi connectivity index (χ0) is 17.9. The van der Waals surface area contributed by atoms with Crippen LogP contribution < -0.4 is 4.72 Å². The van der Waals surface area contributed by atoms with Crippen LogP contribution in [0.15, 0.2) is 41.6 Å². The Kier molecular flexibility index (Phi) is 5.40. The van der Waals surface area contributed by atoms with Crippen molar-refractivity contribution in [1.82, 2.24) is 14.3 Å². The number of aliphatic carboxylic acids is 1. The Morgan fingerprint density at radius 3 is 2.42 bits per heavy atom. The smallest absolute Gasteiger partial charge is 0.322 e. The number of imidazole rings is 1. The molecule has 8 heteroatoms. The van der Waals surface area contributed by atoms with Gasteiger partial charge in [-0.15, -0.1) is 0 Å². The molecule has 0 amide bonds. The number of nitrogens with one attached hydrogen (secondary N) is 1. The standard InChI is InChI=1S/C16H21N3O4S/c1-11(2)15-17-14(10-19(15)3)24(22,23)18-13(16(20)21)9-12-7-5-4-6-8-12/h4-8,10-11,13,18H,9H2,1-3H3,(H,20,21)/t13-/m1/s1. The van der Waals surface area contributed by atoms with Crippen LogP contribution in [0.3, 0.4) is 0 Å². The van der Waals surface area contributed by atoms with Gasteiger partial charge in [0.05, 0.1) is 0 Å². The number of carbonyl (C=O) groups is 1. The predicted molar refractivity (Wildman–Crippen MR) is 89.2 cm³/mol. The monoisotopic (exact) mass is 351 g/mol. The van der Waals surface area contributed by atoms with E-state index in [2.05, 4.69) is 9.71 Å². The van der Waals surface area contributed by atoms with Crippen molar-refractivity contribution in [3.05, 3.63) is 47.9 Å². The molecule has 0 radical (unpaired) electrons. The van der Waals surface area contributed by atoms with Gasteiger partial charge in [0.15, 0.2) is 5.03 Å². The van der Waals surface area contributed by atoms with Gasteiger partial charge in [-0.2, -0.15) is 4.72 Å². The van der Waals surface area contributed by atoms with Crippen molar-refractivity contribution in [3.63, 3.8) is 0 Å². The van der Waals surface area contributed by atoms with Crippen LogP contribution in [-0.2, 0) is 28.3 Å². The quantitative estimate of drug-likeness (QED) is 0.787. The lowest BCUT2D eigenvalue weighted by atomic mass is 10.1. The Bertz CT molecular complexity index is 813. The first kappa shape index (κ1) is 18.2. The van der Waals surface area contributed by atoms with Gasteiger partial charge in [0, 0.05) is 19.2 Å². The molecule has 7 nitrogen and oxygen atoms in total. The van der Waals surface area contributed by atoms with E-state index in [1.54, 1.807) is 35.9 Å². The molecule has 1 aromatic heterocycles. The summed E-state index contributed by atoms with van der Waals surface area (Å²) in [6.45, 7) is 3.81. The summed E-state index contributed by atoms with van der Waals surface area (Å²) in [7, 11) is -2.31. The third kappa shape index (κ3) is 4.21. The summed E-state index contributed by atoms with van der Waals surface area (Å²) in [6, 6.07) is 7.60. The highest BCUT2D eigenvalue weighted by molar-refractivity contribution is 7.89. The fourth-order valence-corrected chi connectivity index (χ4v) is 3.59. The van der Waals surface area contributed by atoms with Gasteiger partial charge in [-0.3, -0.25) is 4.79 Å². The van der Waals surface area contributed by atoms with Crippen molar-refractivity contribution in [2.75, 3.05) is 0 Å². The number of rotatable bonds is 7. The molecule has 0 unspecified atom stereocenters. The number of aryl methyl sites for hydroxylation is 1. The fraction of sp³-hybridized carbons (Fsp3) is 0.375. The molecule has 0 spiro atoms. The maximum atomic E-state index is 12.5. The fourth-order valence-electron chi connectivity index (χ4n) is 2.40. The first-order chi connectivity index (χ1) is 11.2. The van der Waals surface area contributed by atoms with Crippen molar-refractivity contribution < 1.29 is 18.3 Å². The van der Waals surface area contributed by atoms with Crippen molar-refractivity contribution in [2.24, 2.45) is 7.05 Å². The largest absolute Gasteiger partial charge is 0.480 e. The first-order valence-electron chi connectivity index (χ1n) is 7.53. The molecule has 2 rings (SSSR count). The Hall–Kier alpha value is -2.19. The van der Waals surface area contributed by atoms with Crippen molar-refractivity contribution in [3.8, 4) is 0 Å². The number of carboxylic acids is 1. The molecule has 0 saturated heterocycles. The lowest BCUT2D eigenvalue weighted by Crippen LogP contribution is -2.42. The lowest BCUT2D eigenvalue weighted by molar-refractivity contribution is -0.138. The maximum Gasteiger partial charge on any atom is 0.322 e. The second-order valence-electron chi connectivity index (χ2n) is 5.90. The van der Waals surface area contributed by atoms with E-state index in [-0.39, 0.29) is 17.4 Å². The molecule has 1 aromatic carbocycles. The molecule has 24 heavy (non-hydrogen) atoms. The third-order valence-electron chi connectivity index (χ3n) is 3.56. The second-order valence-corrected chi connectivity index (χ2v) is 7.57. The molecule has 1 heterocycles. The average Bonchev–Trinajstić information content (AvgIpc) is 2.90. The number of sulfonamides is 1. The molecule has 0 saturated carbocycles. The molecule has 0 aliphatic heterocycles. The number of aromatic nitrogens is 2. The SMILES string of the molecule is CC(C)c1nc(S(=O)(=O)N[C@H](Cc2ccccc2)C(=O)O)cn1C. The normalized spacial score (nSPS) is 13.2. The number of carboxylic acid groups (broad SMARTS) is 1. The molecule has 0 aliphatic rings. The van der Waals surface area contributed by atoms with E-state index < -0.39 is 22.0 Å².